The molecule has 1 aliphatic heterocycles. The lowest BCUT2D eigenvalue weighted by atomic mass is 10.2. The first-order chi connectivity index (χ1) is 7.24. The number of hydrogen-bond donors (Lipinski definition) is 1. The van der Waals surface area contributed by atoms with Gasteiger partial charge < -0.3 is 10.6 Å². The third-order valence-corrected chi connectivity index (χ3v) is 3.04. The first-order valence-corrected chi connectivity index (χ1v) is 5.67. The van der Waals surface area contributed by atoms with Crippen molar-refractivity contribution in [2.24, 2.45) is 5.92 Å². The van der Waals surface area contributed by atoms with Crippen LogP contribution >= 0.6 is 0 Å². The van der Waals surface area contributed by atoms with Gasteiger partial charge >= 0.3 is 0 Å². The van der Waals surface area contributed by atoms with Crippen molar-refractivity contribution < 1.29 is 0 Å². The van der Waals surface area contributed by atoms with Gasteiger partial charge in [0.25, 0.3) is 0 Å². The number of anilines is 1. The van der Waals surface area contributed by atoms with Gasteiger partial charge in [0.05, 0.1) is 11.9 Å². The number of likely N-dealkylation sites (tertiary alicyclic amines) is 1. The van der Waals surface area contributed by atoms with E-state index in [0.717, 1.165) is 30.3 Å². The molecule has 0 aliphatic carbocycles. The maximum Gasteiger partial charge on any atom is 0.0501 e. The van der Waals surface area contributed by atoms with Crippen LogP contribution in [0.15, 0.2) is 18.3 Å². The highest BCUT2D eigenvalue weighted by Gasteiger charge is 2.17. The smallest absolute Gasteiger partial charge is 0.0501 e. The van der Waals surface area contributed by atoms with Gasteiger partial charge in [-0.2, -0.15) is 0 Å². The lowest BCUT2D eigenvalue weighted by Gasteiger charge is -2.14. The van der Waals surface area contributed by atoms with Crippen molar-refractivity contribution in [3.63, 3.8) is 0 Å². The SMILES string of the molecule is CC1CCN(CCc2ccc(N)cn2)C1. The van der Waals surface area contributed by atoms with Crippen LogP contribution in [-0.4, -0.2) is 29.5 Å². The Bertz CT molecular complexity index is 307. The fraction of sp³-hybridized carbons (Fsp3) is 0.583. The summed E-state index contributed by atoms with van der Waals surface area (Å²) >= 11 is 0. The van der Waals surface area contributed by atoms with Crippen molar-refractivity contribution in [2.45, 2.75) is 19.8 Å². The van der Waals surface area contributed by atoms with E-state index in [1.807, 2.05) is 12.1 Å². The minimum Gasteiger partial charge on any atom is -0.397 e. The molecular formula is C12H19N3. The molecule has 3 nitrogen and oxygen atoms in total. The Labute approximate surface area is 91.3 Å². The number of nitrogens with zero attached hydrogens (tertiary/aromatic N) is 2. The van der Waals surface area contributed by atoms with E-state index < -0.39 is 0 Å². The quantitative estimate of drug-likeness (QED) is 0.814. The Balaban J connectivity index is 1.80. The molecule has 1 aromatic rings. The second-order valence-electron chi connectivity index (χ2n) is 4.53. The minimum absolute atomic E-state index is 0.744. The Kier molecular flexibility index (Phi) is 3.21. The van der Waals surface area contributed by atoms with E-state index in [-0.39, 0.29) is 0 Å². The molecule has 0 bridgehead atoms. The summed E-state index contributed by atoms with van der Waals surface area (Å²) in [4.78, 5) is 6.82. The van der Waals surface area contributed by atoms with Gasteiger partial charge in [0, 0.05) is 25.2 Å². The van der Waals surface area contributed by atoms with Crippen molar-refractivity contribution in [1.82, 2.24) is 9.88 Å². The lowest BCUT2D eigenvalue weighted by Crippen LogP contribution is -2.23. The van der Waals surface area contributed by atoms with Gasteiger partial charge in [0.15, 0.2) is 0 Å². The van der Waals surface area contributed by atoms with Gasteiger partial charge in [0.2, 0.25) is 0 Å². The molecule has 0 radical (unpaired) electrons. The van der Waals surface area contributed by atoms with Crippen LogP contribution in [0, 0.1) is 5.92 Å². The van der Waals surface area contributed by atoms with Gasteiger partial charge in [-0.25, -0.2) is 0 Å². The van der Waals surface area contributed by atoms with Crippen LogP contribution in [0.5, 0.6) is 0 Å². The Morgan fingerprint density at radius 1 is 1.53 bits per heavy atom. The van der Waals surface area contributed by atoms with Crippen LogP contribution in [0.4, 0.5) is 5.69 Å². The van der Waals surface area contributed by atoms with Crippen LogP contribution in [0.1, 0.15) is 19.0 Å². The summed E-state index contributed by atoms with van der Waals surface area (Å²) in [5.74, 6) is 0.865. The molecule has 0 spiro atoms. The van der Waals surface area contributed by atoms with Crippen LogP contribution in [0.3, 0.4) is 0 Å². The summed E-state index contributed by atoms with van der Waals surface area (Å²) in [6.45, 7) is 5.94. The fourth-order valence-electron chi connectivity index (χ4n) is 2.09. The van der Waals surface area contributed by atoms with Crippen LogP contribution < -0.4 is 5.73 Å². The molecule has 2 N–H and O–H groups in total. The fourth-order valence-corrected chi connectivity index (χ4v) is 2.09. The van der Waals surface area contributed by atoms with E-state index in [9.17, 15) is 0 Å². The molecule has 1 saturated heterocycles. The van der Waals surface area contributed by atoms with E-state index in [1.54, 1.807) is 6.20 Å². The van der Waals surface area contributed by atoms with Crippen LogP contribution in [0.2, 0.25) is 0 Å². The van der Waals surface area contributed by atoms with Crippen molar-refractivity contribution in [3.05, 3.63) is 24.0 Å². The highest BCUT2D eigenvalue weighted by atomic mass is 15.1. The van der Waals surface area contributed by atoms with Gasteiger partial charge in [-0.15, -0.1) is 0 Å². The third-order valence-electron chi connectivity index (χ3n) is 3.04. The average Bonchev–Trinajstić information content (AvgIpc) is 2.64. The second-order valence-corrected chi connectivity index (χ2v) is 4.53. The van der Waals surface area contributed by atoms with Crippen LogP contribution in [0.25, 0.3) is 0 Å². The van der Waals surface area contributed by atoms with E-state index >= 15 is 0 Å². The van der Waals surface area contributed by atoms with E-state index in [1.165, 1.54) is 19.5 Å². The summed E-state index contributed by atoms with van der Waals surface area (Å²) in [5.41, 5.74) is 7.48. The molecule has 2 heterocycles. The largest absolute Gasteiger partial charge is 0.397 e. The molecule has 82 valence electrons. The number of nitrogen functional groups attached to an aromatic ring is 1. The van der Waals surface area contributed by atoms with E-state index in [4.69, 9.17) is 5.73 Å². The molecule has 1 aliphatic rings. The number of rotatable bonds is 3. The van der Waals surface area contributed by atoms with Crippen molar-refractivity contribution in [3.8, 4) is 0 Å². The maximum absolute atomic E-state index is 5.59. The zero-order valence-corrected chi connectivity index (χ0v) is 9.32. The van der Waals surface area contributed by atoms with Crippen molar-refractivity contribution in [1.29, 1.82) is 0 Å². The molecule has 0 aromatic carbocycles. The summed E-state index contributed by atoms with van der Waals surface area (Å²) in [5, 5.41) is 0. The van der Waals surface area contributed by atoms with E-state index in [2.05, 4.69) is 16.8 Å². The zero-order chi connectivity index (χ0) is 10.7. The number of nitrogens with two attached hydrogens (primary N) is 1. The topological polar surface area (TPSA) is 42.1 Å². The predicted molar refractivity (Wildman–Crippen MR) is 62.6 cm³/mol. The first kappa shape index (κ1) is 10.4. The average molecular weight is 205 g/mol. The second kappa shape index (κ2) is 4.62. The molecule has 1 atom stereocenters. The highest BCUT2D eigenvalue weighted by molar-refractivity contribution is 5.34. The van der Waals surface area contributed by atoms with E-state index in [0.29, 0.717) is 0 Å². The summed E-state index contributed by atoms with van der Waals surface area (Å²) < 4.78 is 0. The predicted octanol–water partition coefficient (Wildman–Crippen LogP) is 1.55. The maximum atomic E-state index is 5.59. The number of pyridine rings is 1. The zero-order valence-electron chi connectivity index (χ0n) is 9.32. The molecular weight excluding hydrogens is 186 g/mol. The third kappa shape index (κ3) is 2.93. The van der Waals surface area contributed by atoms with Gasteiger partial charge in [-0.05, 0) is 31.0 Å². The molecule has 1 unspecified atom stereocenters. The molecule has 3 heteroatoms. The Morgan fingerprint density at radius 3 is 3.00 bits per heavy atom. The van der Waals surface area contributed by atoms with Gasteiger partial charge in [-0.1, -0.05) is 6.92 Å². The standard InChI is InChI=1S/C12H19N3/c1-10-4-6-15(9-10)7-5-12-3-2-11(13)8-14-12/h2-3,8,10H,4-7,9,13H2,1H3. The molecule has 0 saturated carbocycles. The summed E-state index contributed by atoms with van der Waals surface area (Å²) in [6, 6.07) is 3.95. The summed E-state index contributed by atoms with van der Waals surface area (Å²) in [6.07, 6.45) is 4.12. The normalized spacial score (nSPS) is 22.1. The molecule has 0 amide bonds. The lowest BCUT2D eigenvalue weighted by molar-refractivity contribution is 0.331. The Morgan fingerprint density at radius 2 is 2.40 bits per heavy atom. The molecule has 2 rings (SSSR count). The molecule has 1 aromatic heterocycles. The van der Waals surface area contributed by atoms with Crippen molar-refractivity contribution >= 4 is 5.69 Å². The van der Waals surface area contributed by atoms with Crippen LogP contribution in [-0.2, 0) is 6.42 Å². The summed E-state index contributed by atoms with van der Waals surface area (Å²) in [7, 11) is 0. The highest BCUT2D eigenvalue weighted by Crippen LogP contribution is 2.15. The number of hydrogen-bond acceptors (Lipinski definition) is 3. The monoisotopic (exact) mass is 205 g/mol. The molecule has 1 fully saturated rings. The molecule has 15 heavy (non-hydrogen) atoms. The first-order valence-electron chi connectivity index (χ1n) is 5.67. The van der Waals surface area contributed by atoms with Crippen molar-refractivity contribution in [2.75, 3.05) is 25.4 Å². The minimum atomic E-state index is 0.744. The van der Waals surface area contributed by atoms with Gasteiger partial charge in [-0.3, -0.25) is 4.98 Å². The van der Waals surface area contributed by atoms with Gasteiger partial charge in [0.1, 0.15) is 0 Å². The number of aromatic nitrogens is 1. The Hall–Kier alpha value is -1.09.